The minimum atomic E-state index is -3.58. The Balaban J connectivity index is 2.41. The maximum Gasteiger partial charge on any atom is 0.250 e. The van der Waals surface area contributed by atoms with Crippen molar-refractivity contribution in [2.24, 2.45) is 0 Å². The Hall–Kier alpha value is -0.960. The van der Waals surface area contributed by atoms with Crippen molar-refractivity contribution in [2.75, 3.05) is 33.7 Å². The highest BCUT2D eigenvalue weighted by Crippen LogP contribution is 2.19. The van der Waals surface area contributed by atoms with Crippen molar-refractivity contribution in [1.29, 1.82) is 0 Å². The zero-order chi connectivity index (χ0) is 14.5. The molecule has 0 spiro atoms. The molecule has 0 saturated heterocycles. The zero-order valence-corrected chi connectivity index (χ0v) is 12.9. The lowest BCUT2D eigenvalue weighted by Crippen LogP contribution is -2.39. The van der Waals surface area contributed by atoms with Crippen molar-refractivity contribution in [1.82, 2.24) is 14.9 Å². The van der Waals surface area contributed by atoms with E-state index in [1.54, 1.807) is 6.07 Å². The number of nitrogens with one attached hydrogen (secondary N) is 2. The van der Waals surface area contributed by atoms with E-state index in [4.69, 9.17) is 0 Å². The van der Waals surface area contributed by atoms with Crippen LogP contribution in [0.2, 0.25) is 0 Å². The van der Waals surface area contributed by atoms with Crippen LogP contribution in [0.4, 0.5) is 0 Å². The van der Waals surface area contributed by atoms with Crippen LogP contribution in [0.5, 0.6) is 0 Å². The third-order valence-corrected chi connectivity index (χ3v) is 5.18. The lowest BCUT2D eigenvalue weighted by molar-refractivity contribution is -0.119. The van der Waals surface area contributed by atoms with Gasteiger partial charge in [-0.15, -0.1) is 11.3 Å². The van der Waals surface area contributed by atoms with Crippen LogP contribution >= 0.6 is 11.3 Å². The second kappa shape index (κ2) is 6.99. The molecule has 108 valence electrons. The van der Waals surface area contributed by atoms with Gasteiger partial charge < -0.3 is 10.2 Å². The standard InChI is InChI=1S/C11H19N3O3S2/c1-9-4-5-11(18-9)19(16,17)13-8-10(15)12-6-7-14(2)3/h4-5,13H,6-8H2,1-3H3,(H,12,15). The van der Waals surface area contributed by atoms with Crippen molar-refractivity contribution in [3.8, 4) is 0 Å². The summed E-state index contributed by atoms with van der Waals surface area (Å²) in [4.78, 5) is 14.3. The first kappa shape index (κ1) is 16.1. The van der Waals surface area contributed by atoms with Crippen LogP contribution in [0.3, 0.4) is 0 Å². The highest BCUT2D eigenvalue weighted by molar-refractivity contribution is 7.91. The van der Waals surface area contributed by atoms with Crippen molar-refractivity contribution in [3.63, 3.8) is 0 Å². The molecule has 0 fully saturated rings. The summed E-state index contributed by atoms with van der Waals surface area (Å²) in [5.41, 5.74) is 0. The summed E-state index contributed by atoms with van der Waals surface area (Å²) in [6.45, 7) is 2.79. The molecule has 0 radical (unpaired) electrons. The maximum absolute atomic E-state index is 11.8. The maximum atomic E-state index is 11.8. The first-order valence-electron chi connectivity index (χ1n) is 5.79. The second-order valence-electron chi connectivity index (χ2n) is 4.34. The van der Waals surface area contributed by atoms with E-state index in [0.29, 0.717) is 13.1 Å². The van der Waals surface area contributed by atoms with Crippen molar-refractivity contribution >= 4 is 27.3 Å². The highest BCUT2D eigenvalue weighted by Gasteiger charge is 2.17. The number of nitrogens with zero attached hydrogens (tertiary/aromatic N) is 1. The molecule has 1 aromatic rings. The van der Waals surface area contributed by atoms with Crippen molar-refractivity contribution in [3.05, 3.63) is 17.0 Å². The predicted molar refractivity (Wildman–Crippen MR) is 75.8 cm³/mol. The molecule has 1 aromatic heterocycles. The Morgan fingerprint density at radius 1 is 1.37 bits per heavy atom. The van der Waals surface area contributed by atoms with Crippen LogP contribution in [0.1, 0.15) is 4.88 Å². The minimum absolute atomic E-state index is 0.228. The van der Waals surface area contributed by atoms with Crippen LogP contribution in [0.15, 0.2) is 16.3 Å². The Kier molecular flexibility index (Phi) is 5.92. The molecule has 2 N–H and O–H groups in total. The number of sulfonamides is 1. The molecular weight excluding hydrogens is 286 g/mol. The number of likely N-dealkylation sites (N-methyl/N-ethyl adjacent to an activating group) is 1. The second-order valence-corrected chi connectivity index (χ2v) is 7.62. The van der Waals surface area contributed by atoms with Crippen molar-refractivity contribution < 1.29 is 13.2 Å². The van der Waals surface area contributed by atoms with E-state index >= 15 is 0 Å². The van der Waals surface area contributed by atoms with Crippen LogP contribution in [0, 0.1) is 6.92 Å². The molecule has 0 atom stereocenters. The fourth-order valence-corrected chi connectivity index (χ4v) is 3.58. The number of hydrogen-bond acceptors (Lipinski definition) is 5. The SMILES string of the molecule is Cc1ccc(S(=O)(=O)NCC(=O)NCCN(C)C)s1. The van der Waals surface area contributed by atoms with Gasteiger partial charge in [0.1, 0.15) is 4.21 Å². The average molecular weight is 305 g/mol. The number of hydrogen-bond donors (Lipinski definition) is 2. The number of aryl methyl sites for hydroxylation is 1. The van der Waals surface area contributed by atoms with Crippen LogP contribution in [-0.2, 0) is 14.8 Å². The van der Waals surface area contributed by atoms with E-state index in [1.165, 1.54) is 17.4 Å². The Labute approximate surface area is 117 Å². The summed E-state index contributed by atoms with van der Waals surface area (Å²) in [5, 5.41) is 2.64. The molecule has 6 nitrogen and oxygen atoms in total. The average Bonchev–Trinajstić information content (AvgIpc) is 2.74. The van der Waals surface area contributed by atoms with E-state index in [0.717, 1.165) is 4.88 Å². The van der Waals surface area contributed by atoms with E-state index in [1.807, 2.05) is 25.9 Å². The largest absolute Gasteiger partial charge is 0.354 e. The molecule has 1 amide bonds. The van der Waals surface area contributed by atoms with E-state index in [2.05, 4.69) is 10.0 Å². The van der Waals surface area contributed by atoms with Gasteiger partial charge in [0.05, 0.1) is 6.54 Å². The quantitative estimate of drug-likeness (QED) is 0.744. The van der Waals surface area contributed by atoms with Gasteiger partial charge in [0.25, 0.3) is 10.0 Å². The molecule has 8 heteroatoms. The molecule has 0 bridgehead atoms. The third kappa shape index (κ3) is 5.68. The molecule has 0 saturated carbocycles. The molecule has 0 unspecified atom stereocenters. The normalized spacial score (nSPS) is 11.8. The topological polar surface area (TPSA) is 78.5 Å². The molecule has 1 heterocycles. The van der Waals surface area contributed by atoms with Crippen molar-refractivity contribution in [2.45, 2.75) is 11.1 Å². The lowest BCUT2D eigenvalue weighted by atomic mass is 10.5. The molecule has 0 aliphatic heterocycles. The van der Waals surface area contributed by atoms with E-state index in [9.17, 15) is 13.2 Å². The summed E-state index contributed by atoms with van der Waals surface area (Å²) in [7, 11) is 0.215. The number of amides is 1. The number of carbonyl (C=O) groups is 1. The van der Waals surface area contributed by atoms with E-state index < -0.39 is 10.0 Å². The van der Waals surface area contributed by atoms with Gasteiger partial charge in [0.2, 0.25) is 5.91 Å². The monoisotopic (exact) mass is 305 g/mol. The molecule has 0 aromatic carbocycles. The highest BCUT2D eigenvalue weighted by atomic mass is 32.2. The van der Waals surface area contributed by atoms with Gasteiger partial charge in [-0.25, -0.2) is 13.1 Å². The summed E-state index contributed by atoms with van der Waals surface area (Å²) in [5.74, 6) is -0.335. The molecule has 19 heavy (non-hydrogen) atoms. The molecule has 1 rings (SSSR count). The van der Waals surface area contributed by atoms with E-state index in [-0.39, 0.29) is 16.7 Å². The first-order valence-corrected chi connectivity index (χ1v) is 8.09. The van der Waals surface area contributed by atoms with Crippen LogP contribution < -0.4 is 10.0 Å². The van der Waals surface area contributed by atoms with Gasteiger partial charge in [-0.1, -0.05) is 0 Å². The number of thiophene rings is 1. The third-order valence-electron chi connectivity index (χ3n) is 2.28. The number of carbonyl (C=O) groups excluding carboxylic acids is 1. The van der Waals surface area contributed by atoms with Crippen LogP contribution in [0.25, 0.3) is 0 Å². The molecule has 0 aliphatic carbocycles. The van der Waals surface area contributed by atoms with Gasteiger partial charge in [-0.05, 0) is 33.2 Å². The fourth-order valence-electron chi connectivity index (χ4n) is 1.27. The summed E-state index contributed by atoms with van der Waals surface area (Å²) < 4.78 is 26.2. The summed E-state index contributed by atoms with van der Waals surface area (Å²) in [6, 6.07) is 3.27. The molecule has 0 aliphatic rings. The Morgan fingerprint density at radius 2 is 2.05 bits per heavy atom. The zero-order valence-electron chi connectivity index (χ0n) is 11.3. The lowest BCUT2D eigenvalue weighted by Gasteiger charge is -2.10. The minimum Gasteiger partial charge on any atom is -0.354 e. The Morgan fingerprint density at radius 3 is 2.58 bits per heavy atom. The van der Waals surface area contributed by atoms with Crippen LogP contribution in [-0.4, -0.2) is 53.0 Å². The fraction of sp³-hybridized carbons (Fsp3) is 0.545. The smallest absolute Gasteiger partial charge is 0.250 e. The number of rotatable bonds is 7. The molecular formula is C11H19N3O3S2. The first-order chi connectivity index (χ1) is 8.81. The van der Waals surface area contributed by atoms with Gasteiger partial charge >= 0.3 is 0 Å². The summed E-state index contributed by atoms with van der Waals surface area (Å²) in [6.07, 6.45) is 0. The predicted octanol–water partition coefficient (Wildman–Crippen LogP) is 0.0126. The van der Waals surface area contributed by atoms with Gasteiger partial charge in [-0.3, -0.25) is 4.79 Å². The van der Waals surface area contributed by atoms with Gasteiger partial charge in [0.15, 0.2) is 0 Å². The van der Waals surface area contributed by atoms with Gasteiger partial charge in [0, 0.05) is 18.0 Å². The van der Waals surface area contributed by atoms with Gasteiger partial charge in [-0.2, -0.15) is 0 Å². The summed E-state index contributed by atoms with van der Waals surface area (Å²) >= 11 is 1.18. The Bertz CT molecular complexity index is 523.